The van der Waals surface area contributed by atoms with E-state index in [4.69, 9.17) is 9.84 Å². The van der Waals surface area contributed by atoms with Crippen molar-refractivity contribution < 1.29 is 29.3 Å². The average molecular weight is 349 g/mol. The van der Waals surface area contributed by atoms with Crippen molar-refractivity contribution >= 4 is 23.5 Å². The summed E-state index contributed by atoms with van der Waals surface area (Å²) in [6.07, 6.45) is 1.05. The number of nitrogens with one attached hydrogen (secondary N) is 1. The highest BCUT2D eigenvalue weighted by atomic mass is 16.5. The quantitative estimate of drug-likeness (QED) is 0.650. The Morgan fingerprint density at radius 1 is 1.36 bits per heavy atom. The number of aromatic nitrogens is 2. The monoisotopic (exact) mass is 349 g/mol. The number of aliphatic carboxylic acids is 2. The molecule has 1 atom stereocenters. The lowest BCUT2D eigenvalue weighted by Gasteiger charge is -2.14. The third kappa shape index (κ3) is 4.06. The molecule has 0 spiro atoms. The number of carboxylic acid groups (broad SMARTS) is 2. The van der Waals surface area contributed by atoms with Crippen LogP contribution in [0.15, 0.2) is 18.3 Å². The molecule has 0 fully saturated rings. The molecule has 134 valence electrons. The van der Waals surface area contributed by atoms with Crippen molar-refractivity contribution in [1.82, 2.24) is 14.7 Å². The van der Waals surface area contributed by atoms with Crippen LogP contribution >= 0.6 is 0 Å². The summed E-state index contributed by atoms with van der Waals surface area (Å²) >= 11 is 0. The van der Waals surface area contributed by atoms with Crippen LogP contribution in [0.25, 0.3) is 5.65 Å². The van der Waals surface area contributed by atoms with Crippen LogP contribution in [0.4, 0.5) is 0 Å². The maximum atomic E-state index is 12.5. The van der Waals surface area contributed by atoms with Crippen molar-refractivity contribution in [1.29, 1.82) is 0 Å². The molecule has 0 saturated heterocycles. The summed E-state index contributed by atoms with van der Waals surface area (Å²) in [5.74, 6) is -2.56. The van der Waals surface area contributed by atoms with Crippen LogP contribution < -0.4 is 10.1 Å². The highest BCUT2D eigenvalue weighted by Gasteiger charge is 2.25. The van der Waals surface area contributed by atoms with Gasteiger partial charge >= 0.3 is 11.9 Å². The van der Waals surface area contributed by atoms with Crippen LogP contribution in [0.2, 0.25) is 0 Å². The molecule has 0 aliphatic heterocycles. The van der Waals surface area contributed by atoms with Gasteiger partial charge in [0.1, 0.15) is 11.7 Å². The van der Waals surface area contributed by atoms with Gasteiger partial charge in [0.2, 0.25) is 0 Å². The summed E-state index contributed by atoms with van der Waals surface area (Å²) < 4.78 is 7.00. The van der Waals surface area contributed by atoms with E-state index in [1.54, 1.807) is 25.3 Å². The first-order chi connectivity index (χ1) is 11.8. The Morgan fingerprint density at radius 3 is 2.68 bits per heavy atom. The molecule has 0 saturated carbocycles. The minimum atomic E-state index is -1.30. The van der Waals surface area contributed by atoms with Crippen molar-refractivity contribution in [2.45, 2.75) is 32.7 Å². The Hall–Kier alpha value is -3.10. The molecule has 2 aromatic heterocycles. The van der Waals surface area contributed by atoms with Crippen molar-refractivity contribution in [3.63, 3.8) is 0 Å². The zero-order chi connectivity index (χ0) is 18.6. The van der Waals surface area contributed by atoms with E-state index >= 15 is 0 Å². The van der Waals surface area contributed by atoms with Gasteiger partial charge < -0.3 is 20.3 Å². The smallest absolute Gasteiger partial charge is 0.326 e. The SMILES string of the molecule is CCOc1cccn2c(C(=O)NC(CCC(=O)O)C(=O)O)c(C)nc12. The van der Waals surface area contributed by atoms with Gasteiger partial charge in [-0.25, -0.2) is 9.78 Å². The van der Waals surface area contributed by atoms with E-state index in [1.165, 1.54) is 4.40 Å². The topological polar surface area (TPSA) is 130 Å². The predicted molar refractivity (Wildman–Crippen MR) is 86.9 cm³/mol. The fraction of sp³-hybridized carbons (Fsp3) is 0.375. The van der Waals surface area contributed by atoms with E-state index in [9.17, 15) is 19.5 Å². The molecule has 1 amide bonds. The number of aryl methyl sites for hydroxylation is 1. The lowest BCUT2D eigenvalue weighted by Crippen LogP contribution is -2.41. The maximum absolute atomic E-state index is 12.5. The van der Waals surface area contributed by atoms with E-state index in [-0.39, 0.29) is 18.5 Å². The number of hydrogen-bond donors (Lipinski definition) is 3. The van der Waals surface area contributed by atoms with E-state index in [2.05, 4.69) is 10.3 Å². The molecule has 2 heterocycles. The van der Waals surface area contributed by atoms with Crippen molar-refractivity contribution in [3.8, 4) is 5.75 Å². The number of carboxylic acids is 2. The molecule has 9 heteroatoms. The van der Waals surface area contributed by atoms with Crippen LogP contribution in [0.1, 0.15) is 35.9 Å². The number of carbonyl (C=O) groups excluding carboxylic acids is 1. The summed E-state index contributed by atoms with van der Waals surface area (Å²) in [6, 6.07) is 2.11. The van der Waals surface area contributed by atoms with Crippen LogP contribution in [0, 0.1) is 6.92 Å². The van der Waals surface area contributed by atoms with Crippen LogP contribution in [0.5, 0.6) is 5.75 Å². The van der Waals surface area contributed by atoms with Gasteiger partial charge in [0.25, 0.3) is 5.91 Å². The van der Waals surface area contributed by atoms with Crippen molar-refractivity contribution in [2.24, 2.45) is 0 Å². The molecule has 3 N–H and O–H groups in total. The maximum Gasteiger partial charge on any atom is 0.326 e. The fourth-order valence-electron chi connectivity index (χ4n) is 2.45. The van der Waals surface area contributed by atoms with Crippen LogP contribution in [0.3, 0.4) is 0 Å². The van der Waals surface area contributed by atoms with E-state index in [1.807, 2.05) is 6.92 Å². The molecule has 25 heavy (non-hydrogen) atoms. The molecule has 0 radical (unpaired) electrons. The second-order valence-corrected chi connectivity index (χ2v) is 5.34. The highest BCUT2D eigenvalue weighted by molar-refractivity contribution is 5.97. The number of carbonyl (C=O) groups is 3. The van der Waals surface area contributed by atoms with Gasteiger partial charge in [-0.1, -0.05) is 0 Å². The Morgan fingerprint density at radius 2 is 2.08 bits per heavy atom. The first-order valence-electron chi connectivity index (χ1n) is 7.71. The minimum absolute atomic E-state index is 0.179. The van der Waals surface area contributed by atoms with Crippen LogP contribution in [-0.4, -0.2) is 50.1 Å². The standard InChI is InChI=1S/C16H19N3O6/c1-3-25-11-5-4-8-19-13(9(2)17-14(11)19)15(22)18-10(16(23)24)6-7-12(20)21/h4-5,8,10H,3,6-7H2,1-2H3,(H,18,22)(H,20,21)(H,23,24). The van der Waals surface area contributed by atoms with E-state index < -0.39 is 23.9 Å². The molecule has 2 rings (SSSR count). The first-order valence-corrected chi connectivity index (χ1v) is 7.71. The Bertz CT molecular complexity index is 814. The third-order valence-electron chi connectivity index (χ3n) is 3.55. The predicted octanol–water partition coefficient (Wildman–Crippen LogP) is 1.09. The fourth-order valence-corrected chi connectivity index (χ4v) is 2.45. The molecular formula is C16H19N3O6. The number of pyridine rings is 1. The van der Waals surface area contributed by atoms with Crippen LogP contribution in [-0.2, 0) is 9.59 Å². The number of ether oxygens (including phenoxy) is 1. The molecule has 0 bridgehead atoms. The van der Waals surface area contributed by atoms with E-state index in [0.717, 1.165) is 0 Å². The molecule has 0 aromatic carbocycles. The molecule has 9 nitrogen and oxygen atoms in total. The normalized spacial score (nSPS) is 11.9. The van der Waals surface area contributed by atoms with Gasteiger partial charge in [0, 0.05) is 12.6 Å². The van der Waals surface area contributed by atoms with Gasteiger partial charge in [-0.2, -0.15) is 0 Å². The van der Waals surface area contributed by atoms with Gasteiger partial charge in [-0.3, -0.25) is 14.0 Å². The molecular weight excluding hydrogens is 330 g/mol. The van der Waals surface area contributed by atoms with Gasteiger partial charge in [-0.05, 0) is 32.4 Å². The molecule has 0 aliphatic rings. The number of amides is 1. The summed E-state index contributed by atoms with van der Waals surface area (Å²) in [5.41, 5.74) is 1.04. The van der Waals surface area contributed by atoms with Crippen molar-refractivity contribution in [3.05, 3.63) is 29.7 Å². The second kappa shape index (κ2) is 7.65. The average Bonchev–Trinajstić information content (AvgIpc) is 2.88. The number of imidazole rings is 1. The summed E-state index contributed by atoms with van der Waals surface area (Å²) in [5, 5.41) is 20.2. The molecule has 1 unspecified atom stereocenters. The number of hydrogen-bond acceptors (Lipinski definition) is 5. The van der Waals surface area contributed by atoms with Gasteiger partial charge in [-0.15, -0.1) is 0 Å². The third-order valence-corrected chi connectivity index (χ3v) is 3.55. The first kappa shape index (κ1) is 18.2. The number of rotatable bonds is 8. The highest BCUT2D eigenvalue weighted by Crippen LogP contribution is 2.22. The molecule has 2 aromatic rings. The Labute approximate surface area is 143 Å². The van der Waals surface area contributed by atoms with Crippen molar-refractivity contribution in [2.75, 3.05) is 6.61 Å². The zero-order valence-corrected chi connectivity index (χ0v) is 13.9. The molecule has 0 aliphatic carbocycles. The second-order valence-electron chi connectivity index (χ2n) is 5.34. The summed E-state index contributed by atoms with van der Waals surface area (Å²) in [7, 11) is 0. The lowest BCUT2D eigenvalue weighted by atomic mass is 10.1. The summed E-state index contributed by atoms with van der Waals surface area (Å²) in [6.45, 7) is 3.89. The van der Waals surface area contributed by atoms with Gasteiger partial charge in [0.15, 0.2) is 11.4 Å². The zero-order valence-electron chi connectivity index (χ0n) is 13.9. The Balaban J connectivity index is 2.32. The Kier molecular flexibility index (Phi) is 5.58. The summed E-state index contributed by atoms with van der Waals surface area (Å²) in [4.78, 5) is 38.8. The number of nitrogens with zero attached hydrogens (tertiary/aromatic N) is 2. The minimum Gasteiger partial charge on any atom is -0.490 e. The largest absolute Gasteiger partial charge is 0.490 e. The van der Waals surface area contributed by atoms with Gasteiger partial charge in [0.05, 0.1) is 12.3 Å². The van der Waals surface area contributed by atoms with E-state index in [0.29, 0.717) is 23.7 Å². The number of fused-ring (bicyclic) bond motifs is 1. The lowest BCUT2D eigenvalue weighted by molar-refractivity contribution is -0.140.